The molecule has 2 heterocycles. The lowest BCUT2D eigenvalue weighted by Gasteiger charge is -2.20. The molecule has 1 aromatic rings. The lowest BCUT2D eigenvalue weighted by molar-refractivity contribution is 0.152. The minimum absolute atomic E-state index is 0.0784. The molecule has 0 bridgehead atoms. The Morgan fingerprint density at radius 1 is 1.44 bits per heavy atom. The van der Waals surface area contributed by atoms with E-state index in [1.807, 2.05) is 6.07 Å². The zero-order valence-electron chi connectivity index (χ0n) is 9.15. The number of pyridine rings is 1. The molecule has 2 rings (SSSR count). The van der Waals surface area contributed by atoms with Crippen LogP contribution in [0.3, 0.4) is 0 Å². The number of anilines is 1. The molecule has 1 aliphatic rings. The Morgan fingerprint density at radius 2 is 2.31 bits per heavy atom. The molecule has 0 radical (unpaired) electrons. The quantitative estimate of drug-likeness (QED) is 0.565. The van der Waals surface area contributed by atoms with Gasteiger partial charge in [0.2, 0.25) is 0 Å². The SMILES string of the molecule is N=C(N)c1ccnc(N2CCCOCC2)c1. The molecule has 16 heavy (non-hydrogen) atoms. The molecule has 0 aromatic carbocycles. The topological polar surface area (TPSA) is 75.2 Å². The average molecular weight is 220 g/mol. The number of rotatable bonds is 2. The molecule has 0 spiro atoms. The van der Waals surface area contributed by atoms with Crippen molar-refractivity contribution in [2.45, 2.75) is 6.42 Å². The van der Waals surface area contributed by atoms with Crippen molar-refractivity contribution in [1.29, 1.82) is 5.41 Å². The van der Waals surface area contributed by atoms with Crippen LogP contribution in [0.5, 0.6) is 0 Å². The number of nitrogens with zero attached hydrogens (tertiary/aromatic N) is 2. The van der Waals surface area contributed by atoms with E-state index in [2.05, 4.69) is 9.88 Å². The van der Waals surface area contributed by atoms with Crippen molar-refractivity contribution >= 4 is 11.7 Å². The van der Waals surface area contributed by atoms with Gasteiger partial charge >= 0.3 is 0 Å². The minimum atomic E-state index is 0.0784. The molecule has 5 nitrogen and oxygen atoms in total. The predicted molar refractivity (Wildman–Crippen MR) is 62.9 cm³/mol. The Hall–Kier alpha value is -1.62. The van der Waals surface area contributed by atoms with Crippen LogP contribution in [0.25, 0.3) is 0 Å². The Morgan fingerprint density at radius 3 is 3.12 bits per heavy atom. The van der Waals surface area contributed by atoms with Gasteiger partial charge in [-0.05, 0) is 18.6 Å². The van der Waals surface area contributed by atoms with E-state index in [4.69, 9.17) is 15.9 Å². The summed E-state index contributed by atoms with van der Waals surface area (Å²) in [6.45, 7) is 3.32. The molecule has 0 unspecified atom stereocenters. The van der Waals surface area contributed by atoms with Crippen LogP contribution in [0.15, 0.2) is 18.3 Å². The van der Waals surface area contributed by atoms with Gasteiger partial charge in [-0.25, -0.2) is 4.98 Å². The van der Waals surface area contributed by atoms with E-state index < -0.39 is 0 Å². The van der Waals surface area contributed by atoms with E-state index >= 15 is 0 Å². The van der Waals surface area contributed by atoms with Crippen molar-refractivity contribution in [2.75, 3.05) is 31.2 Å². The first kappa shape index (κ1) is 10.9. The summed E-state index contributed by atoms with van der Waals surface area (Å²) in [6, 6.07) is 3.60. The lowest BCUT2D eigenvalue weighted by atomic mass is 10.2. The van der Waals surface area contributed by atoms with E-state index in [0.29, 0.717) is 0 Å². The third-order valence-corrected chi connectivity index (χ3v) is 2.60. The molecular formula is C11H16N4O. The van der Waals surface area contributed by atoms with Crippen LogP contribution in [-0.2, 0) is 4.74 Å². The highest BCUT2D eigenvalue weighted by molar-refractivity contribution is 5.95. The van der Waals surface area contributed by atoms with Gasteiger partial charge in [0.25, 0.3) is 0 Å². The highest BCUT2D eigenvalue weighted by atomic mass is 16.5. The third kappa shape index (κ3) is 2.49. The second-order valence-electron chi connectivity index (χ2n) is 3.77. The molecule has 1 aliphatic heterocycles. The van der Waals surface area contributed by atoms with Gasteiger partial charge in [-0.15, -0.1) is 0 Å². The van der Waals surface area contributed by atoms with Gasteiger partial charge in [0, 0.05) is 31.5 Å². The van der Waals surface area contributed by atoms with Crippen molar-refractivity contribution in [3.63, 3.8) is 0 Å². The maximum Gasteiger partial charge on any atom is 0.129 e. The van der Waals surface area contributed by atoms with Crippen LogP contribution in [0, 0.1) is 5.41 Å². The van der Waals surface area contributed by atoms with Crippen LogP contribution in [0.1, 0.15) is 12.0 Å². The fraction of sp³-hybridized carbons (Fsp3) is 0.455. The zero-order valence-corrected chi connectivity index (χ0v) is 9.15. The Bertz CT molecular complexity index is 372. The number of amidine groups is 1. The maximum absolute atomic E-state index is 7.40. The molecular weight excluding hydrogens is 204 g/mol. The smallest absolute Gasteiger partial charge is 0.129 e. The fourth-order valence-electron chi connectivity index (χ4n) is 1.73. The highest BCUT2D eigenvalue weighted by Gasteiger charge is 2.11. The van der Waals surface area contributed by atoms with Crippen molar-refractivity contribution in [3.8, 4) is 0 Å². The third-order valence-electron chi connectivity index (χ3n) is 2.60. The number of nitrogens with two attached hydrogens (primary N) is 1. The largest absolute Gasteiger partial charge is 0.384 e. The van der Waals surface area contributed by atoms with Gasteiger partial charge in [-0.1, -0.05) is 0 Å². The van der Waals surface area contributed by atoms with Gasteiger partial charge in [0.1, 0.15) is 11.7 Å². The van der Waals surface area contributed by atoms with E-state index in [9.17, 15) is 0 Å². The highest BCUT2D eigenvalue weighted by Crippen LogP contribution is 2.14. The number of aromatic nitrogens is 1. The van der Waals surface area contributed by atoms with Gasteiger partial charge in [-0.2, -0.15) is 0 Å². The van der Waals surface area contributed by atoms with Crippen LogP contribution in [0.4, 0.5) is 5.82 Å². The number of ether oxygens (including phenoxy) is 1. The first-order valence-electron chi connectivity index (χ1n) is 5.40. The summed E-state index contributed by atoms with van der Waals surface area (Å²) < 4.78 is 5.39. The molecule has 3 N–H and O–H groups in total. The first-order chi connectivity index (χ1) is 7.77. The maximum atomic E-state index is 7.40. The standard InChI is InChI=1S/C11H16N4O/c12-11(13)9-2-3-14-10(8-9)15-4-1-6-16-7-5-15/h2-3,8H,1,4-7H2,(H3,12,13). The minimum Gasteiger partial charge on any atom is -0.384 e. The van der Waals surface area contributed by atoms with Gasteiger partial charge < -0.3 is 15.4 Å². The van der Waals surface area contributed by atoms with Crippen LogP contribution >= 0.6 is 0 Å². The Balaban J connectivity index is 2.18. The Kier molecular flexibility index (Phi) is 3.36. The van der Waals surface area contributed by atoms with Crippen molar-refractivity contribution in [1.82, 2.24) is 4.98 Å². The summed E-state index contributed by atoms with van der Waals surface area (Å²) >= 11 is 0. The Labute approximate surface area is 94.7 Å². The van der Waals surface area contributed by atoms with Gasteiger partial charge in [-0.3, -0.25) is 5.41 Å². The van der Waals surface area contributed by atoms with E-state index in [-0.39, 0.29) is 5.84 Å². The summed E-state index contributed by atoms with van der Waals surface area (Å²) in [7, 11) is 0. The van der Waals surface area contributed by atoms with Gasteiger partial charge in [0.15, 0.2) is 0 Å². The second-order valence-corrected chi connectivity index (χ2v) is 3.77. The van der Waals surface area contributed by atoms with Crippen molar-refractivity contribution in [3.05, 3.63) is 23.9 Å². The molecule has 0 aliphatic carbocycles. The van der Waals surface area contributed by atoms with Gasteiger partial charge in [0.05, 0.1) is 6.61 Å². The number of hydrogen-bond acceptors (Lipinski definition) is 4. The summed E-state index contributed by atoms with van der Waals surface area (Å²) in [4.78, 5) is 6.47. The monoisotopic (exact) mass is 220 g/mol. The summed E-state index contributed by atoms with van der Waals surface area (Å²) in [5.41, 5.74) is 6.17. The summed E-state index contributed by atoms with van der Waals surface area (Å²) in [6.07, 6.45) is 2.70. The average Bonchev–Trinajstić information content (AvgIpc) is 2.57. The van der Waals surface area contributed by atoms with E-state index in [0.717, 1.165) is 44.1 Å². The summed E-state index contributed by atoms with van der Waals surface area (Å²) in [5, 5.41) is 7.40. The molecule has 0 atom stereocenters. The first-order valence-corrected chi connectivity index (χ1v) is 5.40. The molecule has 1 saturated heterocycles. The van der Waals surface area contributed by atoms with Crippen LogP contribution in [-0.4, -0.2) is 37.1 Å². The van der Waals surface area contributed by atoms with Crippen LogP contribution < -0.4 is 10.6 Å². The number of nitrogens with one attached hydrogen (secondary N) is 1. The molecule has 0 saturated carbocycles. The number of hydrogen-bond donors (Lipinski definition) is 2. The second kappa shape index (κ2) is 4.94. The molecule has 5 heteroatoms. The van der Waals surface area contributed by atoms with Crippen LogP contribution in [0.2, 0.25) is 0 Å². The zero-order chi connectivity index (χ0) is 11.4. The lowest BCUT2D eigenvalue weighted by Crippen LogP contribution is -2.27. The predicted octanol–water partition coefficient (Wildman–Crippen LogP) is 0.592. The molecule has 1 aromatic heterocycles. The van der Waals surface area contributed by atoms with Crippen molar-refractivity contribution in [2.24, 2.45) is 5.73 Å². The molecule has 1 fully saturated rings. The number of nitrogen functional groups attached to an aromatic ring is 1. The molecule has 0 amide bonds. The summed E-state index contributed by atoms with van der Waals surface area (Å²) in [5.74, 6) is 0.952. The van der Waals surface area contributed by atoms with Crippen molar-refractivity contribution < 1.29 is 4.74 Å². The normalized spacial score (nSPS) is 16.9. The fourth-order valence-corrected chi connectivity index (χ4v) is 1.73. The van der Waals surface area contributed by atoms with E-state index in [1.54, 1.807) is 12.3 Å². The van der Waals surface area contributed by atoms with E-state index in [1.165, 1.54) is 0 Å². The molecule has 86 valence electrons.